The standard InChI is InChI=1S/C11H11N/c1-2-6-10-7-3-4-8-11(10)12-9-5-1/h1,3-5,7-9H,2,6H2. The molecular weight excluding hydrogens is 146 g/mol. The lowest BCUT2D eigenvalue weighted by Crippen LogP contribution is -1.86. The number of fused-ring (bicyclic) bond motifs is 1. The third kappa shape index (κ3) is 1.45. The minimum atomic E-state index is 1.10. The number of rotatable bonds is 0. The Bertz CT molecular complexity index is 324. The number of hydrogen-bond donors (Lipinski definition) is 0. The Morgan fingerprint density at radius 2 is 2.08 bits per heavy atom. The number of allylic oxidation sites excluding steroid dienone is 2. The monoisotopic (exact) mass is 157 g/mol. The molecule has 0 amide bonds. The number of para-hydroxylation sites is 1. The Hall–Kier alpha value is -1.37. The van der Waals surface area contributed by atoms with E-state index in [4.69, 9.17) is 0 Å². The number of aliphatic imine (C=N–C) groups is 1. The largest absolute Gasteiger partial charge is 0.257 e. The average Bonchev–Trinajstić information content (AvgIpc) is 2.06. The molecule has 1 nitrogen and oxygen atoms in total. The Balaban J connectivity index is 2.43. The van der Waals surface area contributed by atoms with E-state index in [0.717, 1.165) is 18.5 Å². The van der Waals surface area contributed by atoms with Crippen molar-refractivity contribution in [2.24, 2.45) is 4.99 Å². The summed E-state index contributed by atoms with van der Waals surface area (Å²) < 4.78 is 0. The van der Waals surface area contributed by atoms with E-state index in [1.54, 1.807) is 0 Å². The molecule has 1 heteroatoms. The Morgan fingerprint density at radius 3 is 3.08 bits per heavy atom. The lowest BCUT2D eigenvalue weighted by molar-refractivity contribution is 0.998. The fraction of sp³-hybridized carbons (Fsp3) is 0.182. The average molecular weight is 157 g/mol. The van der Waals surface area contributed by atoms with E-state index in [1.165, 1.54) is 5.56 Å². The van der Waals surface area contributed by atoms with Gasteiger partial charge in [0.05, 0.1) is 5.69 Å². The van der Waals surface area contributed by atoms with E-state index in [9.17, 15) is 0 Å². The van der Waals surface area contributed by atoms with Crippen molar-refractivity contribution in [1.82, 2.24) is 0 Å². The van der Waals surface area contributed by atoms with E-state index >= 15 is 0 Å². The van der Waals surface area contributed by atoms with E-state index in [2.05, 4.69) is 29.3 Å². The van der Waals surface area contributed by atoms with Crippen molar-refractivity contribution < 1.29 is 0 Å². The van der Waals surface area contributed by atoms with E-state index in [1.807, 2.05) is 18.4 Å². The lowest BCUT2D eigenvalue weighted by Gasteiger charge is -2.04. The summed E-state index contributed by atoms with van der Waals surface area (Å²) in [6.45, 7) is 0. The van der Waals surface area contributed by atoms with Crippen LogP contribution < -0.4 is 0 Å². The van der Waals surface area contributed by atoms with Gasteiger partial charge < -0.3 is 0 Å². The highest BCUT2D eigenvalue weighted by Gasteiger charge is 1.98. The number of aryl methyl sites for hydroxylation is 1. The molecule has 2 rings (SSSR count). The van der Waals surface area contributed by atoms with Gasteiger partial charge in [-0.2, -0.15) is 0 Å². The van der Waals surface area contributed by atoms with Crippen LogP contribution in [0.1, 0.15) is 12.0 Å². The molecule has 60 valence electrons. The van der Waals surface area contributed by atoms with Gasteiger partial charge in [0.15, 0.2) is 0 Å². The van der Waals surface area contributed by atoms with Crippen LogP contribution in [0.3, 0.4) is 0 Å². The van der Waals surface area contributed by atoms with Crippen LogP contribution in [0.15, 0.2) is 41.4 Å². The predicted molar refractivity (Wildman–Crippen MR) is 52.1 cm³/mol. The first-order valence-corrected chi connectivity index (χ1v) is 4.24. The molecule has 0 radical (unpaired) electrons. The second kappa shape index (κ2) is 3.35. The molecule has 0 fully saturated rings. The van der Waals surface area contributed by atoms with Crippen molar-refractivity contribution in [2.75, 3.05) is 0 Å². The summed E-state index contributed by atoms with van der Waals surface area (Å²) in [5.74, 6) is 0. The van der Waals surface area contributed by atoms with Gasteiger partial charge in [-0.1, -0.05) is 24.3 Å². The minimum absolute atomic E-state index is 1.10. The molecule has 1 aromatic carbocycles. The molecule has 0 N–H and O–H groups in total. The molecule has 0 aromatic heterocycles. The van der Waals surface area contributed by atoms with Crippen LogP contribution in [0.25, 0.3) is 0 Å². The summed E-state index contributed by atoms with van der Waals surface area (Å²) in [6, 6.07) is 8.30. The summed E-state index contributed by atoms with van der Waals surface area (Å²) >= 11 is 0. The second-order valence-corrected chi connectivity index (χ2v) is 2.87. The molecule has 0 spiro atoms. The van der Waals surface area contributed by atoms with Crippen molar-refractivity contribution in [2.45, 2.75) is 12.8 Å². The zero-order valence-electron chi connectivity index (χ0n) is 6.90. The van der Waals surface area contributed by atoms with Gasteiger partial charge in [-0.25, -0.2) is 0 Å². The summed E-state index contributed by atoms with van der Waals surface area (Å²) in [6.07, 6.45) is 8.24. The molecule has 1 aromatic rings. The van der Waals surface area contributed by atoms with Crippen molar-refractivity contribution in [3.63, 3.8) is 0 Å². The molecule has 0 bridgehead atoms. The van der Waals surface area contributed by atoms with Crippen LogP contribution in [0, 0.1) is 0 Å². The first-order valence-electron chi connectivity index (χ1n) is 4.24. The number of hydrogen-bond acceptors (Lipinski definition) is 1. The number of nitrogens with zero attached hydrogens (tertiary/aromatic N) is 1. The lowest BCUT2D eigenvalue weighted by atomic mass is 10.1. The first kappa shape index (κ1) is 7.29. The van der Waals surface area contributed by atoms with Gasteiger partial charge in [0.1, 0.15) is 0 Å². The zero-order valence-corrected chi connectivity index (χ0v) is 6.90. The second-order valence-electron chi connectivity index (χ2n) is 2.87. The highest BCUT2D eigenvalue weighted by Crippen LogP contribution is 2.20. The Morgan fingerprint density at radius 1 is 1.17 bits per heavy atom. The maximum Gasteiger partial charge on any atom is 0.0661 e. The molecule has 1 heterocycles. The van der Waals surface area contributed by atoms with Crippen LogP contribution >= 0.6 is 0 Å². The number of benzene rings is 1. The van der Waals surface area contributed by atoms with Gasteiger partial charge in [0, 0.05) is 6.21 Å². The molecule has 1 aliphatic rings. The molecule has 1 aliphatic heterocycles. The molecule has 0 saturated heterocycles. The summed E-state index contributed by atoms with van der Waals surface area (Å²) in [4.78, 5) is 4.33. The fourth-order valence-corrected chi connectivity index (χ4v) is 1.37. The van der Waals surface area contributed by atoms with E-state index in [0.29, 0.717) is 0 Å². The van der Waals surface area contributed by atoms with Crippen LogP contribution in [-0.2, 0) is 6.42 Å². The van der Waals surface area contributed by atoms with Crippen molar-refractivity contribution in [3.8, 4) is 0 Å². The molecule has 0 atom stereocenters. The predicted octanol–water partition coefficient (Wildman–Crippen LogP) is 2.89. The van der Waals surface area contributed by atoms with Crippen LogP contribution in [-0.4, -0.2) is 6.21 Å². The quantitative estimate of drug-likeness (QED) is 0.549. The fourth-order valence-electron chi connectivity index (χ4n) is 1.37. The molecule has 0 aliphatic carbocycles. The molecular formula is C11H11N. The van der Waals surface area contributed by atoms with Gasteiger partial charge in [-0.15, -0.1) is 0 Å². The normalized spacial score (nSPS) is 15.0. The Kier molecular flexibility index (Phi) is 2.04. The van der Waals surface area contributed by atoms with Crippen LogP contribution in [0.2, 0.25) is 0 Å². The maximum atomic E-state index is 4.33. The van der Waals surface area contributed by atoms with E-state index < -0.39 is 0 Å². The van der Waals surface area contributed by atoms with E-state index in [-0.39, 0.29) is 0 Å². The molecule has 0 unspecified atom stereocenters. The van der Waals surface area contributed by atoms with Gasteiger partial charge in [0.2, 0.25) is 0 Å². The summed E-state index contributed by atoms with van der Waals surface area (Å²) in [5.41, 5.74) is 2.46. The van der Waals surface area contributed by atoms with Crippen molar-refractivity contribution in [1.29, 1.82) is 0 Å². The maximum absolute atomic E-state index is 4.33. The Labute approximate surface area is 72.5 Å². The van der Waals surface area contributed by atoms with Crippen LogP contribution in [0.4, 0.5) is 5.69 Å². The minimum Gasteiger partial charge on any atom is -0.257 e. The highest BCUT2D eigenvalue weighted by atomic mass is 14.7. The van der Waals surface area contributed by atoms with Gasteiger partial charge in [0.25, 0.3) is 0 Å². The van der Waals surface area contributed by atoms with Crippen LogP contribution in [0.5, 0.6) is 0 Å². The van der Waals surface area contributed by atoms with Gasteiger partial charge in [-0.05, 0) is 30.5 Å². The van der Waals surface area contributed by atoms with Gasteiger partial charge in [-0.3, -0.25) is 4.99 Å². The molecule has 0 saturated carbocycles. The van der Waals surface area contributed by atoms with Gasteiger partial charge >= 0.3 is 0 Å². The molecule has 12 heavy (non-hydrogen) atoms. The zero-order chi connectivity index (χ0) is 8.23. The third-order valence-corrected chi connectivity index (χ3v) is 2.01. The van der Waals surface area contributed by atoms with Crippen molar-refractivity contribution >= 4 is 11.9 Å². The first-order chi connectivity index (χ1) is 5.97. The summed E-state index contributed by atoms with van der Waals surface area (Å²) in [5, 5.41) is 0. The topological polar surface area (TPSA) is 12.4 Å². The van der Waals surface area contributed by atoms with Crippen molar-refractivity contribution in [3.05, 3.63) is 42.0 Å². The summed E-state index contributed by atoms with van der Waals surface area (Å²) in [7, 11) is 0. The third-order valence-electron chi connectivity index (χ3n) is 2.01. The highest BCUT2D eigenvalue weighted by molar-refractivity contribution is 5.75. The smallest absolute Gasteiger partial charge is 0.0661 e. The SMILES string of the molecule is C1=CCCc2ccccc2N=C1.